The summed E-state index contributed by atoms with van der Waals surface area (Å²) in [6.07, 6.45) is 6.32. The van der Waals surface area contributed by atoms with Crippen molar-refractivity contribution in [2.75, 3.05) is 25.0 Å². The van der Waals surface area contributed by atoms with Crippen LogP contribution in [0.5, 0.6) is 0 Å². The van der Waals surface area contributed by atoms with E-state index in [9.17, 15) is 14.7 Å². The maximum atomic E-state index is 13.5. The molecule has 1 aliphatic heterocycles. The largest absolute Gasteiger partial charge is 0.389 e. The predicted molar refractivity (Wildman–Crippen MR) is 158 cm³/mol. The van der Waals surface area contributed by atoms with Crippen molar-refractivity contribution in [2.24, 2.45) is 0 Å². The number of likely N-dealkylation sites (tertiary alicyclic amines) is 1. The second kappa shape index (κ2) is 10.6. The van der Waals surface area contributed by atoms with Crippen LogP contribution in [0.1, 0.15) is 32.7 Å². The van der Waals surface area contributed by atoms with Crippen LogP contribution in [0.2, 0.25) is 5.02 Å². The molecule has 3 N–H and O–H groups in total. The SMILES string of the molecule is CC(C)(O)CNc1ncnc2c1c(-c1ccccc1Cl)cn2CC(=O)N1CCC(n2c(=O)[nH]c3ncccc32)CC1. The van der Waals surface area contributed by atoms with Crippen molar-refractivity contribution < 1.29 is 9.90 Å². The van der Waals surface area contributed by atoms with E-state index in [-0.39, 0.29) is 30.7 Å². The Labute approximate surface area is 240 Å². The van der Waals surface area contributed by atoms with Gasteiger partial charge in [-0.2, -0.15) is 0 Å². The van der Waals surface area contributed by atoms with Crippen LogP contribution in [-0.2, 0) is 11.3 Å². The number of anilines is 1. The lowest BCUT2D eigenvalue weighted by Crippen LogP contribution is -2.41. The van der Waals surface area contributed by atoms with Crippen LogP contribution in [0.25, 0.3) is 33.3 Å². The van der Waals surface area contributed by atoms with Gasteiger partial charge in [0, 0.05) is 54.2 Å². The first-order valence-electron chi connectivity index (χ1n) is 13.6. The Hall–Kier alpha value is -4.22. The van der Waals surface area contributed by atoms with Crippen molar-refractivity contribution in [1.82, 2.24) is 34.0 Å². The number of carbonyl (C=O) groups excluding carboxylic acids is 1. The number of hydrogen-bond acceptors (Lipinski definition) is 7. The van der Waals surface area contributed by atoms with Crippen LogP contribution in [-0.4, -0.2) is 70.2 Å². The molecule has 6 rings (SSSR count). The van der Waals surface area contributed by atoms with E-state index in [0.29, 0.717) is 48.1 Å². The summed E-state index contributed by atoms with van der Waals surface area (Å²) in [5.74, 6) is 0.515. The van der Waals surface area contributed by atoms with Gasteiger partial charge in [-0.1, -0.05) is 29.8 Å². The Kier molecular flexibility index (Phi) is 7.00. The monoisotopic (exact) mass is 574 g/mol. The van der Waals surface area contributed by atoms with Crippen LogP contribution < -0.4 is 11.0 Å². The summed E-state index contributed by atoms with van der Waals surface area (Å²) in [7, 11) is 0. The van der Waals surface area contributed by atoms with E-state index in [1.54, 1.807) is 24.6 Å². The molecule has 1 aliphatic rings. The number of imidazole rings is 1. The number of aromatic nitrogens is 6. The third-order valence-electron chi connectivity index (χ3n) is 7.48. The topological polar surface area (TPSA) is 134 Å². The van der Waals surface area contributed by atoms with Crippen LogP contribution in [0.3, 0.4) is 0 Å². The van der Waals surface area contributed by atoms with Gasteiger partial charge in [-0.3, -0.25) is 14.3 Å². The minimum atomic E-state index is -0.958. The molecule has 0 radical (unpaired) electrons. The zero-order valence-electron chi connectivity index (χ0n) is 22.8. The average Bonchev–Trinajstić information content (AvgIpc) is 3.49. The van der Waals surface area contributed by atoms with Gasteiger partial charge in [-0.15, -0.1) is 0 Å². The number of carbonyl (C=O) groups is 1. The highest BCUT2D eigenvalue weighted by atomic mass is 35.5. The molecule has 0 spiro atoms. The van der Waals surface area contributed by atoms with E-state index in [1.165, 1.54) is 6.33 Å². The second-order valence-corrected chi connectivity index (χ2v) is 11.4. The minimum Gasteiger partial charge on any atom is -0.389 e. The summed E-state index contributed by atoms with van der Waals surface area (Å²) in [6, 6.07) is 11.2. The van der Waals surface area contributed by atoms with E-state index in [0.717, 1.165) is 22.0 Å². The van der Waals surface area contributed by atoms with Gasteiger partial charge in [-0.05, 0) is 44.9 Å². The highest BCUT2D eigenvalue weighted by molar-refractivity contribution is 6.33. The van der Waals surface area contributed by atoms with Gasteiger partial charge in [-0.25, -0.2) is 19.7 Å². The third kappa shape index (κ3) is 5.30. The van der Waals surface area contributed by atoms with Crippen LogP contribution in [0.15, 0.2) is 59.9 Å². The number of fused-ring (bicyclic) bond motifs is 2. The maximum Gasteiger partial charge on any atom is 0.327 e. The molecule has 1 amide bonds. The molecule has 0 unspecified atom stereocenters. The molecule has 4 aromatic heterocycles. The fourth-order valence-electron chi connectivity index (χ4n) is 5.50. The molecule has 41 heavy (non-hydrogen) atoms. The molecule has 212 valence electrons. The highest BCUT2D eigenvalue weighted by Gasteiger charge is 2.27. The number of halogens is 1. The molecular formula is C29H31ClN8O3. The Bertz CT molecular complexity index is 1790. The lowest BCUT2D eigenvalue weighted by atomic mass is 10.0. The van der Waals surface area contributed by atoms with Crippen molar-refractivity contribution >= 4 is 45.5 Å². The molecule has 1 fully saturated rings. The molecule has 11 nitrogen and oxygen atoms in total. The van der Waals surface area contributed by atoms with Crippen molar-refractivity contribution in [3.05, 3.63) is 70.6 Å². The number of H-pyrrole nitrogens is 1. The molecule has 1 saturated heterocycles. The third-order valence-corrected chi connectivity index (χ3v) is 7.81. The highest BCUT2D eigenvalue weighted by Crippen LogP contribution is 2.37. The van der Waals surface area contributed by atoms with Gasteiger partial charge >= 0.3 is 5.69 Å². The number of aliphatic hydroxyl groups is 1. The molecule has 0 aliphatic carbocycles. The number of aromatic amines is 1. The molecule has 1 aromatic carbocycles. The smallest absolute Gasteiger partial charge is 0.327 e. The standard InChI is InChI=1S/C29H31ClN8O3/c1-29(2,41)16-32-26-24-20(19-6-3-4-7-21(19)30)14-37(27(24)34-17-33-26)15-23(39)36-12-9-18(10-13-36)38-22-8-5-11-31-25(22)35-28(38)40/h3-8,11,14,17-18,41H,9-10,12-13,15-16H2,1-2H3,(H,31,35,40)(H,32,33,34). The van der Waals surface area contributed by atoms with Crippen molar-refractivity contribution in [3.63, 3.8) is 0 Å². The number of benzene rings is 1. The average molecular weight is 575 g/mol. The summed E-state index contributed by atoms with van der Waals surface area (Å²) in [4.78, 5) is 44.1. The van der Waals surface area contributed by atoms with Gasteiger partial charge in [0.05, 0.1) is 16.5 Å². The quantitative estimate of drug-likeness (QED) is 0.269. The first-order chi connectivity index (χ1) is 19.7. The van der Waals surface area contributed by atoms with Crippen molar-refractivity contribution in [1.29, 1.82) is 0 Å². The predicted octanol–water partition coefficient (Wildman–Crippen LogP) is 3.84. The van der Waals surface area contributed by atoms with Crippen LogP contribution in [0, 0.1) is 0 Å². The lowest BCUT2D eigenvalue weighted by Gasteiger charge is -2.32. The molecule has 0 bridgehead atoms. The Morgan fingerprint density at radius 3 is 2.66 bits per heavy atom. The Morgan fingerprint density at radius 2 is 1.90 bits per heavy atom. The maximum absolute atomic E-state index is 13.5. The lowest BCUT2D eigenvalue weighted by molar-refractivity contribution is -0.133. The Morgan fingerprint density at radius 1 is 1.12 bits per heavy atom. The fourth-order valence-corrected chi connectivity index (χ4v) is 5.74. The number of hydrogen-bond donors (Lipinski definition) is 3. The fraction of sp³-hybridized carbons (Fsp3) is 0.345. The van der Waals surface area contributed by atoms with E-state index in [4.69, 9.17) is 11.6 Å². The molecule has 5 aromatic rings. The molecular weight excluding hydrogens is 544 g/mol. The number of amides is 1. The molecule has 0 atom stereocenters. The van der Waals surface area contributed by atoms with E-state index in [2.05, 4.69) is 25.3 Å². The minimum absolute atomic E-state index is 0.0131. The summed E-state index contributed by atoms with van der Waals surface area (Å²) >= 11 is 6.59. The van der Waals surface area contributed by atoms with E-state index < -0.39 is 5.60 Å². The van der Waals surface area contributed by atoms with Gasteiger partial charge in [0.2, 0.25) is 5.91 Å². The number of pyridine rings is 1. The van der Waals surface area contributed by atoms with Gasteiger partial charge < -0.3 is 19.9 Å². The summed E-state index contributed by atoms with van der Waals surface area (Å²) in [6.45, 7) is 4.86. The van der Waals surface area contributed by atoms with E-state index >= 15 is 0 Å². The number of piperidine rings is 1. The van der Waals surface area contributed by atoms with Crippen molar-refractivity contribution in [2.45, 2.75) is 44.9 Å². The van der Waals surface area contributed by atoms with Crippen LogP contribution in [0.4, 0.5) is 5.82 Å². The number of nitrogens with one attached hydrogen (secondary N) is 2. The second-order valence-electron chi connectivity index (χ2n) is 11.0. The normalized spacial score (nSPS) is 14.7. The zero-order chi connectivity index (χ0) is 28.7. The van der Waals surface area contributed by atoms with Gasteiger partial charge in [0.1, 0.15) is 24.3 Å². The Balaban J connectivity index is 1.26. The zero-order valence-corrected chi connectivity index (χ0v) is 23.6. The number of rotatable bonds is 7. The molecule has 0 saturated carbocycles. The summed E-state index contributed by atoms with van der Waals surface area (Å²) in [5.41, 5.74) is 2.40. The number of nitrogens with zero attached hydrogens (tertiary/aromatic N) is 6. The summed E-state index contributed by atoms with van der Waals surface area (Å²) < 4.78 is 3.59. The molecule has 5 heterocycles. The van der Waals surface area contributed by atoms with Gasteiger partial charge in [0.15, 0.2) is 5.65 Å². The molecule has 12 heteroatoms. The van der Waals surface area contributed by atoms with Crippen LogP contribution >= 0.6 is 11.6 Å². The van der Waals surface area contributed by atoms with E-state index in [1.807, 2.05) is 52.1 Å². The first kappa shape index (κ1) is 27.0. The van der Waals surface area contributed by atoms with Gasteiger partial charge in [0.25, 0.3) is 0 Å². The summed E-state index contributed by atoms with van der Waals surface area (Å²) in [5, 5.41) is 14.8. The first-order valence-corrected chi connectivity index (χ1v) is 14.0. The van der Waals surface area contributed by atoms with Crippen molar-refractivity contribution in [3.8, 4) is 11.1 Å².